The van der Waals surface area contributed by atoms with E-state index in [0.717, 1.165) is 15.7 Å². The first kappa shape index (κ1) is 17.2. The molecule has 1 heterocycles. The zero-order chi connectivity index (χ0) is 17.6. The maximum Gasteiger partial charge on any atom is 0.261 e. The summed E-state index contributed by atoms with van der Waals surface area (Å²) in [6, 6.07) is 17.2. The van der Waals surface area contributed by atoms with Gasteiger partial charge in [0.05, 0.1) is 10.2 Å². The quantitative estimate of drug-likeness (QED) is 0.686. The number of hydrogen-bond acceptors (Lipinski definition) is 3. The molecule has 3 rings (SSSR count). The van der Waals surface area contributed by atoms with E-state index in [4.69, 9.17) is 4.74 Å². The standard InChI is InChI=1S/C19H18BrN3O2/c1-14(25-18-9-3-2-8-17(18)20)19(24)21-13-15-6-4-7-16(12-15)23-11-5-10-22-23/h2-12,14H,13H2,1H3,(H,21,24). The molecular formula is C19H18BrN3O2. The van der Waals surface area contributed by atoms with Crippen LogP contribution in [0.5, 0.6) is 5.75 Å². The van der Waals surface area contributed by atoms with E-state index < -0.39 is 6.10 Å². The number of benzene rings is 2. The molecule has 0 fully saturated rings. The van der Waals surface area contributed by atoms with E-state index in [-0.39, 0.29) is 5.91 Å². The fourth-order valence-corrected chi connectivity index (χ4v) is 2.73. The summed E-state index contributed by atoms with van der Waals surface area (Å²) >= 11 is 3.41. The lowest BCUT2D eigenvalue weighted by atomic mass is 10.2. The van der Waals surface area contributed by atoms with Crippen molar-refractivity contribution in [3.05, 3.63) is 77.0 Å². The lowest BCUT2D eigenvalue weighted by Crippen LogP contribution is -2.36. The molecule has 25 heavy (non-hydrogen) atoms. The van der Waals surface area contributed by atoms with Crippen molar-refractivity contribution in [3.63, 3.8) is 0 Å². The summed E-state index contributed by atoms with van der Waals surface area (Å²) in [6.07, 6.45) is 3.02. The Morgan fingerprint density at radius 2 is 2.08 bits per heavy atom. The highest BCUT2D eigenvalue weighted by Gasteiger charge is 2.15. The molecular weight excluding hydrogens is 382 g/mol. The van der Waals surface area contributed by atoms with Gasteiger partial charge in [0.2, 0.25) is 0 Å². The van der Waals surface area contributed by atoms with Crippen LogP contribution in [0.1, 0.15) is 12.5 Å². The Morgan fingerprint density at radius 3 is 2.84 bits per heavy atom. The second-order valence-corrected chi connectivity index (χ2v) is 6.38. The van der Waals surface area contributed by atoms with Crippen LogP contribution in [-0.2, 0) is 11.3 Å². The second kappa shape index (κ2) is 7.98. The van der Waals surface area contributed by atoms with Crippen molar-refractivity contribution in [1.82, 2.24) is 15.1 Å². The zero-order valence-corrected chi connectivity index (χ0v) is 15.3. The molecule has 6 heteroatoms. The molecule has 0 spiro atoms. The molecule has 0 saturated carbocycles. The van der Waals surface area contributed by atoms with E-state index >= 15 is 0 Å². The first-order chi connectivity index (χ1) is 12.1. The number of halogens is 1. The van der Waals surface area contributed by atoms with Crippen molar-refractivity contribution < 1.29 is 9.53 Å². The molecule has 1 atom stereocenters. The Balaban J connectivity index is 1.59. The Labute approximate surface area is 154 Å². The largest absolute Gasteiger partial charge is 0.480 e. The average Bonchev–Trinajstić information content (AvgIpc) is 3.16. The van der Waals surface area contributed by atoms with Crippen LogP contribution in [-0.4, -0.2) is 21.8 Å². The Hall–Kier alpha value is -2.60. The van der Waals surface area contributed by atoms with Crippen LogP contribution < -0.4 is 10.1 Å². The third kappa shape index (κ3) is 4.48. The van der Waals surface area contributed by atoms with Crippen LogP contribution >= 0.6 is 15.9 Å². The minimum atomic E-state index is -0.590. The third-order valence-corrected chi connectivity index (χ3v) is 4.31. The molecule has 1 unspecified atom stereocenters. The van der Waals surface area contributed by atoms with Crippen LogP contribution in [0.25, 0.3) is 5.69 Å². The molecule has 3 aromatic rings. The number of aromatic nitrogens is 2. The maximum atomic E-state index is 12.3. The predicted molar refractivity (Wildman–Crippen MR) is 99.6 cm³/mol. The summed E-state index contributed by atoms with van der Waals surface area (Å²) in [6.45, 7) is 2.16. The molecule has 128 valence electrons. The summed E-state index contributed by atoms with van der Waals surface area (Å²) in [5, 5.41) is 7.11. The van der Waals surface area contributed by atoms with Crippen molar-refractivity contribution >= 4 is 21.8 Å². The third-order valence-electron chi connectivity index (χ3n) is 3.66. The van der Waals surface area contributed by atoms with E-state index in [9.17, 15) is 4.79 Å². The van der Waals surface area contributed by atoms with E-state index in [0.29, 0.717) is 12.3 Å². The molecule has 0 bridgehead atoms. The van der Waals surface area contributed by atoms with Gasteiger partial charge >= 0.3 is 0 Å². The average molecular weight is 400 g/mol. The van der Waals surface area contributed by atoms with Crippen molar-refractivity contribution in [2.75, 3.05) is 0 Å². The number of carbonyl (C=O) groups excluding carboxylic acids is 1. The summed E-state index contributed by atoms with van der Waals surface area (Å²) < 4.78 is 8.31. The van der Waals surface area contributed by atoms with Crippen molar-refractivity contribution in [2.45, 2.75) is 19.6 Å². The SMILES string of the molecule is CC(Oc1ccccc1Br)C(=O)NCc1cccc(-n2cccn2)c1. The molecule has 0 aliphatic rings. The van der Waals surface area contributed by atoms with Crippen LogP contribution in [0.3, 0.4) is 0 Å². The fraction of sp³-hybridized carbons (Fsp3) is 0.158. The van der Waals surface area contributed by atoms with Crippen molar-refractivity contribution in [2.24, 2.45) is 0 Å². The molecule has 0 aliphatic heterocycles. The van der Waals surface area contributed by atoms with Gasteiger partial charge in [0.25, 0.3) is 5.91 Å². The Bertz CT molecular complexity index is 849. The number of rotatable bonds is 6. The van der Waals surface area contributed by atoms with E-state index in [2.05, 4.69) is 26.3 Å². The topological polar surface area (TPSA) is 56.1 Å². The first-order valence-corrected chi connectivity index (χ1v) is 8.70. The van der Waals surface area contributed by atoms with Gasteiger partial charge in [-0.2, -0.15) is 5.10 Å². The maximum absolute atomic E-state index is 12.3. The minimum Gasteiger partial charge on any atom is -0.480 e. The van der Waals surface area contributed by atoms with Crippen molar-refractivity contribution in [3.8, 4) is 11.4 Å². The summed E-state index contributed by atoms with van der Waals surface area (Å²) in [5.41, 5.74) is 1.95. The molecule has 1 amide bonds. The highest BCUT2D eigenvalue weighted by Crippen LogP contribution is 2.24. The highest BCUT2D eigenvalue weighted by molar-refractivity contribution is 9.10. The number of nitrogens with zero attached hydrogens (tertiary/aromatic N) is 2. The van der Waals surface area contributed by atoms with E-state index in [1.54, 1.807) is 17.8 Å². The highest BCUT2D eigenvalue weighted by atomic mass is 79.9. The van der Waals surface area contributed by atoms with Crippen molar-refractivity contribution in [1.29, 1.82) is 0 Å². The summed E-state index contributed by atoms with van der Waals surface area (Å²) in [5.74, 6) is 0.478. The molecule has 0 aliphatic carbocycles. The lowest BCUT2D eigenvalue weighted by Gasteiger charge is -2.16. The van der Waals surface area contributed by atoms with Gasteiger partial charge in [0, 0.05) is 18.9 Å². The van der Waals surface area contributed by atoms with E-state index in [1.165, 1.54) is 0 Å². The van der Waals surface area contributed by atoms with Gasteiger partial charge < -0.3 is 10.1 Å². The van der Waals surface area contributed by atoms with Gasteiger partial charge in [-0.1, -0.05) is 24.3 Å². The lowest BCUT2D eigenvalue weighted by molar-refractivity contribution is -0.127. The number of carbonyl (C=O) groups is 1. The van der Waals surface area contributed by atoms with Crippen LogP contribution in [0, 0.1) is 0 Å². The molecule has 1 N–H and O–H groups in total. The van der Waals surface area contributed by atoms with E-state index in [1.807, 2.05) is 60.8 Å². The van der Waals surface area contributed by atoms with Crippen LogP contribution in [0.2, 0.25) is 0 Å². The first-order valence-electron chi connectivity index (χ1n) is 7.91. The second-order valence-electron chi connectivity index (χ2n) is 5.53. The molecule has 5 nitrogen and oxygen atoms in total. The van der Waals surface area contributed by atoms with Gasteiger partial charge in [-0.15, -0.1) is 0 Å². The predicted octanol–water partition coefficient (Wildman–Crippen LogP) is 3.72. The number of para-hydroxylation sites is 1. The normalized spacial score (nSPS) is 11.8. The monoisotopic (exact) mass is 399 g/mol. The summed E-state index contributed by atoms with van der Waals surface area (Å²) in [4.78, 5) is 12.3. The number of hydrogen-bond donors (Lipinski definition) is 1. The van der Waals surface area contributed by atoms with Gasteiger partial charge in [-0.3, -0.25) is 4.79 Å². The molecule has 1 aromatic heterocycles. The van der Waals surface area contributed by atoms with Gasteiger partial charge in [-0.25, -0.2) is 4.68 Å². The smallest absolute Gasteiger partial charge is 0.261 e. The van der Waals surface area contributed by atoms with Crippen LogP contribution in [0.15, 0.2) is 71.5 Å². The molecule has 0 saturated heterocycles. The molecule has 2 aromatic carbocycles. The number of amides is 1. The Kier molecular flexibility index (Phi) is 5.50. The van der Waals surface area contributed by atoms with Gasteiger partial charge in [0.15, 0.2) is 6.10 Å². The zero-order valence-electron chi connectivity index (χ0n) is 13.7. The summed E-state index contributed by atoms with van der Waals surface area (Å²) in [7, 11) is 0. The van der Waals surface area contributed by atoms with Crippen LogP contribution in [0.4, 0.5) is 0 Å². The minimum absolute atomic E-state index is 0.166. The van der Waals surface area contributed by atoms with Gasteiger partial charge in [0.1, 0.15) is 5.75 Å². The Morgan fingerprint density at radius 1 is 1.24 bits per heavy atom. The van der Waals surface area contributed by atoms with Gasteiger partial charge in [-0.05, 0) is 58.7 Å². The fourth-order valence-electron chi connectivity index (χ4n) is 2.35. The molecule has 0 radical (unpaired) electrons. The number of ether oxygens (including phenoxy) is 1. The number of nitrogens with one attached hydrogen (secondary N) is 1.